The molecule has 1 aromatic heterocycles. The Balaban J connectivity index is 2.10. The van der Waals surface area contributed by atoms with Crippen LogP contribution in [0.5, 0.6) is 5.75 Å². The molecule has 2 heterocycles. The third-order valence-electron chi connectivity index (χ3n) is 3.01. The second-order valence-electron chi connectivity index (χ2n) is 4.35. The molecule has 18 heavy (non-hydrogen) atoms. The quantitative estimate of drug-likeness (QED) is 0.893. The second-order valence-corrected chi connectivity index (χ2v) is 6.37. The third-order valence-corrected chi connectivity index (χ3v) is 5.31. The van der Waals surface area contributed by atoms with Gasteiger partial charge in [0.2, 0.25) is 0 Å². The summed E-state index contributed by atoms with van der Waals surface area (Å²) in [6.45, 7) is 3.86. The predicted molar refractivity (Wildman–Crippen MR) is 76.7 cm³/mol. The number of hydrogen-bond donors (Lipinski definition) is 2. The minimum absolute atomic E-state index is 0.0423. The van der Waals surface area contributed by atoms with Crippen LogP contribution in [-0.2, 0) is 0 Å². The molecule has 1 fully saturated rings. The number of thiophene rings is 1. The predicted octanol–water partition coefficient (Wildman–Crippen LogP) is 2.31. The van der Waals surface area contributed by atoms with Crippen molar-refractivity contribution in [1.29, 1.82) is 0 Å². The molecule has 0 aromatic carbocycles. The molecule has 0 bridgehead atoms. The Morgan fingerprint density at radius 2 is 2.39 bits per heavy atom. The van der Waals surface area contributed by atoms with E-state index in [1.54, 1.807) is 7.11 Å². The van der Waals surface area contributed by atoms with E-state index in [9.17, 15) is 4.79 Å². The molecule has 0 saturated carbocycles. The lowest BCUT2D eigenvalue weighted by Gasteiger charge is -2.23. The lowest BCUT2D eigenvalue weighted by Crippen LogP contribution is -2.45. The van der Waals surface area contributed by atoms with Crippen LogP contribution < -0.4 is 15.4 Å². The molecule has 1 atom stereocenters. The fourth-order valence-corrected chi connectivity index (χ4v) is 3.71. The van der Waals surface area contributed by atoms with Crippen LogP contribution in [0.2, 0.25) is 0 Å². The molecule has 1 aliphatic heterocycles. The minimum Gasteiger partial charge on any atom is -0.494 e. The molecule has 0 unspecified atom stereocenters. The average molecular weight is 333 g/mol. The molecule has 0 radical (unpaired) electrons. The number of rotatable bonds is 3. The Morgan fingerprint density at radius 3 is 3.00 bits per heavy atom. The molecule has 0 aliphatic carbocycles. The summed E-state index contributed by atoms with van der Waals surface area (Å²) < 4.78 is 6.17. The normalized spacial score (nSPS) is 19.6. The standard InChI is InChI=1S/C12H17BrN2O2S/c1-7-9(13)10(17-2)11(18-7)12(16)15-8-4-3-5-14-6-8/h8,14H,3-6H2,1-2H3,(H,15,16)/t8-/m0/s1. The van der Waals surface area contributed by atoms with E-state index in [0.717, 1.165) is 35.3 Å². The Kier molecular flexibility index (Phi) is 4.64. The molecular weight excluding hydrogens is 316 g/mol. The van der Waals surface area contributed by atoms with Gasteiger partial charge in [0.1, 0.15) is 4.88 Å². The number of carbonyl (C=O) groups excluding carboxylic acids is 1. The number of carbonyl (C=O) groups is 1. The highest BCUT2D eigenvalue weighted by Gasteiger charge is 2.23. The maximum absolute atomic E-state index is 12.2. The highest BCUT2D eigenvalue weighted by Crippen LogP contribution is 2.39. The zero-order chi connectivity index (χ0) is 13.1. The molecule has 0 spiro atoms. The van der Waals surface area contributed by atoms with E-state index < -0.39 is 0 Å². The van der Waals surface area contributed by atoms with Gasteiger partial charge in [-0.2, -0.15) is 0 Å². The summed E-state index contributed by atoms with van der Waals surface area (Å²) in [7, 11) is 1.59. The van der Waals surface area contributed by atoms with E-state index in [1.807, 2.05) is 6.92 Å². The van der Waals surface area contributed by atoms with Crippen LogP contribution in [0.3, 0.4) is 0 Å². The summed E-state index contributed by atoms with van der Waals surface area (Å²) in [6.07, 6.45) is 2.14. The van der Waals surface area contributed by atoms with E-state index in [-0.39, 0.29) is 11.9 Å². The molecule has 100 valence electrons. The van der Waals surface area contributed by atoms with Crippen molar-refractivity contribution in [3.8, 4) is 5.75 Å². The van der Waals surface area contributed by atoms with Crippen molar-refractivity contribution in [3.63, 3.8) is 0 Å². The van der Waals surface area contributed by atoms with E-state index >= 15 is 0 Å². The van der Waals surface area contributed by atoms with E-state index in [4.69, 9.17) is 4.74 Å². The van der Waals surface area contributed by atoms with Gasteiger partial charge in [-0.1, -0.05) is 0 Å². The Labute approximate surface area is 119 Å². The Hall–Kier alpha value is -0.590. The molecule has 1 aromatic rings. The zero-order valence-electron chi connectivity index (χ0n) is 10.5. The summed E-state index contributed by atoms with van der Waals surface area (Å²) in [5.74, 6) is 0.595. The lowest BCUT2D eigenvalue weighted by atomic mass is 10.1. The van der Waals surface area contributed by atoms with Crippen molar-refractivity contribution in [3.05, 3.63) is 14.2 Å². The summed E-state index contributed by atoms with van der Waals surface area (Å²) in [5.41, 5.74) is 0. The fraction of sp³-hybridized carbons (Fsp3) is 0.583. The number of hydrogen-bond acceptors (Lipinski definition) is 4. The average Bonchev–Trinajstić information content (AvgIpc) is 2.67. The van der Waals surface area contributed by atoms with Gasteiger partial charge in [-0.3, -0.25) is 4.79 Å². The van der Waals surface area contributed by atoms with Gasteiger partial charge >= 0.3 is 0 Å². The van der Waals surface area contributed by atoms with Gasteiger partial charge in [0.25, 0.3) is 5.91 Å². The minimum atomic E-state index is -0.0423. The molecule has 4 nitrogen and oxygen atoms in total. The van der Waals surface area contributed by atoms with E-state index in [2.05, 4.69) is 26.6 Å². The number of piperidine rings is 1. The van der Waals surface area contributed by atoms with Crippen LogP contribution in [0.1, 0.15) is 27.4 Å². The van der Waals surface area contributed by atoms with Crippen molar-refractivity contribution in [2.45, 2.75) is 25.8 Å². The number of nitrogens with one attached hydrogen (secondary N) is 2. The molecule has 6 heteroatoms. The Bertz CT molecular complexity index is 442. The van der Waals surface area contributed by atoms with Crippen molar-refractivity contribution >= 4 is 33.2 Å². The summed E-state index contributed by atoms with van der Waals surface area (Å²) in [6, 6.07) is 0.220. The van der Waals surface area contributed by atoms with Crippen LogP contribution in [0, 0.1) is 6.92 Å². The summed E-state index contributed by atoms with van der Waals surface area (Å²) in [5, 5.41) is 6.34. The van der Waals surface area contributed by atoms with E-state index in [0.29, 0.717) is 10.6 Å². The maximum atomic E-state index is 12.2. The first-order valence-electron chi connectivity index (χ1n) is 5.98. The van der Waals surface area contributed by atoms with Gasteiger partial charge in [0.15, 0.2) is 5.75 Å². The monoisotopic (exact) mass is 332 g/mol. The molecule has 2 N–H and O–H groups in total. The first-order valence-corrected chi connectivity index (χ1v) is 7.59. The Morgan fingerprint density at radius 1 is 1.61 bits per heavy atom. The van der Waals surface area contributed by atoms with Crippen molar-refractivity contribution in [1.82, 2.24) is 10.6 Å². The van der Waals surface area contributed by atoms with Crippen molar-refractivity contribution in [2.75, 3.05) is 20.2 Å². The van der Waals surface area contributed by atoms with Crippen LogP contribution in [0.25, 0.3) is 0 Å². The second kappa shape index (κ2) is 6.04. The molecule has 1 aliphatic rings. The maximum Gasteiger partial charge on any atom is 0.265 e. The van der Waals surface area contributed by atoms with Gasteiger partial charge in [-0.15, -0.1) is 11.3 Å². The number of halogens is 1. The summed E-state index contributed by atoms with van der Waals surface area (Å²) >= 11 is 4.91. The smallest absolute Gasteiger partial charge is 0.265 e. The van der Waals surface area contributed by atoms with Gasteiger partial charge in [-0.25, -0.2) is 0 Å². The lowest BCUT2D eigenvalue weighted by molar-refractivity contribution is 0.0932. The fourth-order valence-electron chi connectivity index (χ4n) is 2.06. The van der Waals surface area contributed by atoms with Crippen LogP contribution in [0.15, 0.2) is 4.47 Å². The molecular formula is C12H17BrN2O2S. The zero-order valence-corrected chi connectivity index (χ0v) is 12.9. The van der Waals surface area contributed by atoms with Crippen LogP contribution >= 0.6 is 27.3 Å². The number of aryl methyl sites for hydroxylation is 1. The topological polar surface area (TPSA) is 50.4 Å². The van der Waals surface area contributed by atoms with Crippen LogP contribution in [-0.4, -0.2) is 32.1 Å². The largest absolute Gasteiger partial charge is 0.494 e. The van der Waals surface area contributed by atoms with Gasteiger partial charge in [0.05, 0.1) is 11.6 Å². The van der Waals surface area contributed by atoms with Crippen LogP contribution in [0.4, 0.5) is 0 Å². The number of amides is 1. The van der Waals surface area contributed by atoms with Gasteiger partial charge in [-0.05, 0) is 42.2 Å². The molecule has 1 amide bonds. The highest BCUT2D eigenvalue weighted by molar-refractivity contribution is 9.10. The third kappa shape index (κ3) is 2.87. The van der Waals surface area contributed by atoms with E-state index in [1.165, 1.54) is 11.3 Å². The number of ether oxygens (including phenoxy) is 1. The molecule has 1 saturated heterocycles. The van der Waals surface area contributed by atoms with Gasteiger partial charge in [0, 0.05) is 17.5 Å². The first kappa shape index (κ1) is 13.8. The van der Waals surface area contributed by atoms with Crippen molar-refractivity contribution < 1.29 is 9.53 Å². The van der Waals surface area contributed by atoms with Gasteiger partial charge < -0.3 is 15.4 Å². The SMILES string of the molecule is COc1c(C(=O)N[C@H]2CCCNC2)sc(C)c1Br. The summed E-state index contributed by atoms with van der Waals surface area (Å²) in [4.78, 5) is 13.9. The molecule has 2 rings (SSSR count). The number of methoxy groups -OCH3 is 1. The first-order chi connectivity index (χ1) is 8.63. The van der Waals surface area contributed by atoms with Crippen molar-refractivity contribution in [2.24, 2.45) is 0 Å². The highest BCUT2D eigenvalue weighted by atomic mass is 79.9.